The average molecular weight is 529 g/mol. The highest BCUT2D eigenvalue weighted by Crippen LogP contribution is 2.36. The van der Waals surface area contributed by atoms with Gasteiger partial charge in [-0.2, -0.15) is 0 Å². The minimum atomic E-state index is -1.09. The Hall–Kier alpha value is -3.02. The van der Waals surface area contributed by atoms with Crippen LogP contribution in [0.4, 0.5) is 11.4 Å². The standard InChI is InChI=1S/C26H26Cl2N4O2S/c1-16(20-7-5-6-8-22(20)28)21-15-17(27)9-14-23(21)32(3)25(33)24(29)30-26(35)31(2)18-10-12-19(34-4)13-11-18/h5-10,12,14-16,24H,29H2,1-4H3,(H,30,35). The third-order valence-corrected chi connectivity index (χ3v) is 6.63. The van der Waals surface area contributed by atoms with E-state index in [4.69, 9.17) is 45.9 Å². The number of carbonyl (C=O) groups is 1. The van der Waals surface area contributed by atoms with Gasteiger partial charge in [-0.1, -0.05) is 48.3 Å². The van der Waals surface area contributed by atoms with E-state index in [1.54, 1.807) is 50.4 Å². The van der Waals surface area contributed by atoms with Gasteiger partial charge in [0.1, 0.15) is 0 Å². The molecular formula is C26H26Cl2N4O2S. The molecule has 3 aromatic carbocycles. The van der Waals surface area contributed by atoms with Crippen molar-refractivity contribution >= 4 is 57.8 Å². The van der Waals surface area contributed by atoms with Crippen LogP contribution >= 0.6 is 35.4 Å². The van der Waals surface area contributed by atoms with Crippen molar-refractivity contribution in [1.82, 2.24) is 5.32 Å². The monoisotopic (exact) mass is 528 g/mol. The van der Waals surface area contributed by atoms with Gasteiger partial charge in [-0.15, -0.1) is 0 Å². The van der Waals surface area contributed by atoms with Gasteiger partial charge < -0.3 is 25.6 Å². The van der Waals surface area contributed by atoms with E-state index in [-0.39, 0.29) is 16.9 Å². The summed E-state index contributed by atoms with van der Waals surface area (Å²) in [4.78, 5) is 16.4. The predicted octanol–water partition coefficient (Wildman–Crippen LogP) is 5.01. The first-order valence-corrected chi connectivity index (χ1v) is 11.9. The maximum absolute atomic E-state index is 13.3. The Morgan fingerprint density at radius 2 is 1.77 bits per heavy atom. The number of nitrogens with zero attached hydrogens (tertiary/aromatic N) is 2. The number of ether oxygens (including phenoxy) is 1. The molecule has 0 saturated carbocycles. The fraction of sp³-hybridized carbons (Fsp3) is 0.231. The van der Waals surface area contributed by atoms with E-state index in [1.807, 2.05) is 37.3 Å². The Morgan fingerprint density at radius 1 is 1.06 bits per heavy atom. The van der Waals surface area contributed by atoms with Crippen LogP contribution in [0.5, 0.6) is 5.75 Å². The summed E-state index contributed by atoms with van der Waals surface area (Å²) in [6.45, 7) is 2.01. The van der Waals surface area contributed by atoms with Crippen molar-refractivity contribution in [1.29, 1.82) is 0 Å². The second-order valence-electron chi connectivity index (χ2n) is 7.87. The molecule has 2 unspecified atom stereocenters. The molecule has 3 aromatic rings. The van der Waals surface area contributed by atoms with Crippen LogP contribution in [0, 0.1) is 12.1 Å². The summed E-state index contributed by atoms with van der Waals surface area (Å²) in [7, 11) is 4.96. The van der Waals surface area contributed by atoms with E-state index in [2.05, 4.69) is 17.4 Å². The molecule has 3 N–H and O–H groups in total. The van der Waals surface area contributed by atoms with E-state index in [1.165, 1.54) is 4.90 Å². The molecule has 6 nitrogen and oxygen atoms in total. The van der Waals surface area contributed by atoms with Gasteiger partial charge in [0.05, 0.1) is 12.8 Å². The number of halogens is 2. The SMILES string of the molecule is COc1c#cc(N(C)C(=S)NC(N)C(=O)N(C)c2ccc(Cl)cc2C(C)c2ccccc2Cl)cc1. The topological polar surface area (TPSA) is 70.8 Å². The molecule has 0 bridgehead atoms. The van der Waals surface area contributed by atoms with E-state index in [9.17, 15) is 4.79 Å². The normalized spacial score (nSPS) is 12.2. The Kier molecular flexibility index (Phi) is 8.82. The largest absolute Gasteiger partial charge is 0.489 e. The maximum atomic E-state index is 13.3. The van der Waals surface area contributed by atoms with Crippen molar-refractivity contribution in [3.05, 3.63) is 87.9 Å². The molecule has 0 heterocycles. The van der Waals surface area contributed by atoms with Gasteiger partial charge in [0, 0.05) is 35.7 Å². The molecule has 0 aliphatic carbocycles. The summed E-state index contributed by atoms with van der Waals surface area (Å²) in [5, 5.41) is 4.34. The minimum absolute atomic E-state index is 0.120. The lowest BCUT2D eigenvalue weighted by Crippen LogP contribution is -2.55. The van der Waals surface area contributed by atoms with Crippen LogP contribution in [0.25, 0.3) is 0 Å². The molecule has 0 spiro atoms. The molecule has 2 atom stereocenters. The molecule has 1 amide bonds. The number of benzene rings is 2. The number of nitrogens with two attached hydrogens (primary N) is 1. The second kappa shape index (κ2) is 11.6. The lowest BCUT2D eigenvalue weighted by Gasteiger charge is -2.28. The summed E-state index contributed by atoms with van der Waals surface area (Å²) in [5.41, 5.74) is 9.29. The summed E-state index contributed by atoms with van der Waals surface area (Å²) >= 11 is 18.2. The van der Waals surface area contributed by atoms with Gasteiger partial charge in [0.15, 0.2) is 17.0 Å². The van der Waals surface area contributed by atoms with Gasteiger partial charge in [-0.05, 0) is 71.9 Å². The number of rotatable bonds is 7. The molecule has 0 radical (unpaired) electrons. The van der Waals surface area contributed by atoms with Gasteiger partial charge in [0.25, 0.3) is 5.91 Å². The van der Waals surface area contributed by atoms with Gasteiger partial charge >= 0.3 is 0 Å². The van der Waals surface area contributed by atoms with Crippen molar-refractivity contribution in [3.8, 4) is 5.75 Å². The van der Waals surface area contributed by atoms with Crippen molar-refractivity contribution < 1.29 is 9.53 Å². The van der Waals surface area contributed by atoms with Gasteiger partial charge in [-0.25, -0.2) is 0 Å². The van der Waals surface area contributed by atoms with Crippen LogP contribution in [0.15, 0.2) is 54.6 Å². The minimum Gasteiger partial charge on any atom is -0.489 e. The van der Waals surface area contributed by atoms with E-state index < -0.39 is 6.17 Å². The second-order valence-corrected chi connectivity index (χ2v) is 9.10. The number of methoxy groups -OCH3 is 1. The fourth-order valence-electron chi connectivity index (χ4n) is 3.58. The van der Waals surface area contributed by atoms with Crippen LogP contribution in [0.3, 0.4) is 0 Å². The van der Waals surface area contributed by atoms with Crippen LogP contribution < -0.4 is 25.6 Å². The smallest absolute Gasteiger partial charge is 0.264 e. The first-order valence-electron chi connectivity index (χ1n) is 10.7. The molecule has 0 aromatic heterocycles. The Labute approximate surface area is 221 Å². The Balaban J connectivity index is 1.78. The zero-order valence-corrected chi connectivity index (χ0v) is 22.1. The fourth-order valence-corrected chi connectivity index (χ4v) is 4.28. The van der Waals surface area contributed by atoms with E-state index in [0.29, 0.717) is 27.2 Å². The van der Waals surface area contributed by atoms with Crippen molar-refractivity contribution in [2.45, 2.75) is 19.0 Å². The number of likely N-dealkylation sites (N-methyl/N-ethyl adjacent to an activating group) is 1. The highest BCUT2D eigenvalue weighted by Gasteiger charge is 2.25. The number of thiocarbonyl (C=S) groups is 1. The van der Waals surface area contributed by atoms with Crippen LogP contribution in [-0.2, 0) is 4.79 Å². The molecule has 3 rings (SSSR count). The number of amides is 1. The zero-order chi connectivity index (χ0) is 25.7. The number of hydrogen-bond donors (Lipinski definition) is 2. The third-order valence-electron chi connectivity index (χ3n) is 5.66. The molecule has 35 heavy (non-hydrogen) atoms. The highest BCUT2D eigenvalue weighted by molar-refractivity contribution is 7.80. The van der Waals surface area contributed by atoms with Crippen LogP contribution in [-0.4, -0.2) is 38.4 Å². The zero-order valence-electron chi connectivity index (χ0n) is 19.8. The quantitative estimate of drug-likeness (QED) is 0.331. The molecule has 0 saturated heterocycles. The average Bonchev–Trinajstić information content (AvgIpc) is 2.87. The predicted molar refractivity (Wildman–Crippen MR) is 147 cm³/mol. The Morgan fingerprint density at radius 3 is 2.40 bits per heavy atom. The lowest BCUT2D eigenvalue weighted by molar-refractivity contribution is -0.119. The van der Waals surface area contributed by atoms with Crippen molar-refractivity contribution in [3.63, 3.8) is 0 Å². The molecule has 0 aliphatic heterocycles. The van der Waals surface area contributed by atoms with Crippen LogP contribution in [0.2, 0.25) is 10.0 Å². The third kappa shape index (κ3) is 6.16. The van der Waals surface area contributed by atoms with Gasteiger partial charge in [0.2, 0.25) is 0 Å². The number of hydrogen-bond acceptors (Lipinski definition) is 4. The molecule has 0 fully saturated rings. The maximum Gasteiger partial charge on any atom is 0.264 e. The van der Waals surface area contributed by atoms with Crippen molar-refractivity contribution in [2.24, 2.45) is 5.73 Å². The van der Waals surface area contributed by atoms with Crippen LogP contribution in [0.1, 0.15) is 24.0 Å². The summed E-state index contributed by atoms with van der Waals surface area (Å²) in [5.74, 6) is 0.0613. The van der Waals surface area contributed by atoms with E-state index >= 15 is 0 Å². The Bertz CT molecular complexity index is 1210. The molecule has 9 heteroatoms. The summed E-state index contributed by atoms with van der Waals surface area (Å²) < 4.78 is 5.10. The first kappa shape index (κ1) is 26.6. The molecule has 0 aliphatic rings. The summed E-state index contributed by atoms with van der Waals surface area (Å²) in [6.07, 6.45) is -1.09. The first-order chi connectivity index (χ1) is 16.6. The highest BCUT2D eigenvalue weighted by atomic mass is 35.5. The molecule has 182 valence electrons. The lowest BCUT2D eigenvalue weighted by atomic mass is 9.91. The van der Waals surface area contributed by atoms with E-state index in [0.717, 1.165) is 11.1 Å². The summed E-state index contributed by atoms with van der Waals surface area (Å²) in [6, 6.07) is 22.3. The number of anilines is 2. The molecular weight excluding hydrogens is 503 g/mol. The number of carbonyl (C=O) groups excluding carboxylic acids is 1. The number of nitrogens with one attached hydrogen (secondary N) is 1. The van der Waals surface area contributed by atoms with Crippen molar-refractivity contribution in [2.75, 3.05) is 31.0 Å². The van der Waals surface area contributed by atoms with Gasteiger partial charge in [-0.3, -0.25) is 4.79 Å².